The van der Waals surface area contributed by atoms with Crippen LogP contribution in [0.25, 0.3) is 0 Å². The molecule has 0 unspecified atom stereocenters. The number of aromatic nitrogens is 2. The van der Waals surface area contributed by atoms with E-state index in [4.69, 9.17) is 11.6 Å². The van der Waals surface area contributed by atoms with Gasteiger partial charge in [0, 0.05) is 19.0 Å². The highest BCUT2D eigenvalue weighted by molar-refractivity contribution is 6.29. The van der Waals surface area contributed by atoms with Crippen molar-refractivity contribution in [3.63, 3.8) is 0 Å². The number of anilines is 1. The standard InChI is InChI=1S/C10H12ClN3O/c11-9-1-2-10(13-12-9)14-5-3-8(7-15)4-6-14/h1-2,7-8H,3-6H2. The van der Waals surface area contributed by atoms with Gasteiger partial charge in [0.1, 0.15) is 6.29 Å². The minimum atomic E-state index is 0.210. The summed E-state index contributed by atoms with van der Waals surface area (Å²) >= 11 is 5.66. The second kappa shape index (κ2) is 4.57. The summed E-state index contributed by atoms with van der Waals surface area (Å²) in [5.74, 6) is 1.05. The fraction of sp³-hybridized carbons (Fsp3) is 0.500. The van der Waals surface area contributed by atoms with E-state index in [1.165, 1.54) is 0 Å². The van der Waals surface area contributed by atoms with Gasteiger partial charge in [0.2, 0.25) is 0 Å². The Morgan fingerprint density at radius 2 is 2.07 bits per heavy atom. The normalized spacial score (nSPS) is 17.8. The van der Waals surface area contributed by atoms with Crippen LogP contribution in [-0.2, 0) is 4.79 Å². The predicted octanol–water partition coefficient (Wildman–Crippen LogP) is 1.55. The van der Waals surface area contributed by atoms with Gasteiger partial charge in [-0.15, -0.1) is 10.2 Å². The van der Waals surface area contributed by atoms with Crippen LogP contribution in [0.3, 0.4) is 0 Å². The molecule has 0 saturated carbocycles. The number of hydrogen-bond acceptors (Lipinski definition) is 4. The Morgan fingerprint density at radius 3 is 2.60 bits per heavy atom. The van der Waals surface area contributed by atoms with E-state index in [1.54, 1.807) is 6.07 Å². The summed E-state index contributed by atoms with van der Waals surface area (Å²) < 4.78 is 0. The fourth-order valence-corrected chi connectivity index (χ4v) is 1.84. The first-order chi connectivity index (χ1) is 7.29. The Morgan fingerprint density at radius 1 is 1.33 bits per heavy atom. The summed E-state index contributed by atoms with van der Waals surface area (Å²) in [6, 6.07) is 3.59. The lowest BCUT2D eigenvalue weighted by Gasteiger charge is -2.30. The molecular weight excluding hydrogens is 214 g/mol. The molecule has 0 amide bonds. The summed E-state index contributed by atoms with van der Waals surface area (Å²) in [6.07, 6.45) is 2.84. The molecule has 1 saturated heterocycles. The van der Waals surface area contributed by atoms with E-state index in [0.29, 0.717) is 5.15 Å². The van der Waals surface area contributed by atoms with Crippen LogP contribution in [0.2, 0.25) is 5.15 Å². The van der Waals surface area contributed by atoms with Crippen LogP contribution in [0.1, 0.15) is 12.8 Å². The summed E-state index contributed by atoms with van der Waals surface area (Å²) in [5, 5.41) is 8.21. The van der Waals surface area contributed by atoms with E-state index in [0.717, 1.165) is 38.0 Å². The second-order valence-corrected chi connectivity index (χ2v) is 4.06. The van der Waals surface area contributed by atoms with Crippen LogP contribution < -0.4 is 4.90 Å². The average Bonchev–Trinajstić information content (AvgIpc) is 2.30. The largest absolute Gasteiger partial charge is 0.355 e. The van der Waals surface area contributed by atoms with E-state index < -0.39 is 0 Å². The molecule has 2 heterocycles. The molecule has 0 aliphatic carbocycles. The molecule has 0 aromatic carbocycles. The van der Waals surface area contributed by atoms with Crippen molar-refractivity contribution < 1.29 is 4.79 Å². The molecule has 5 heteroatoms. The number of carbonyl (C=O) groups is 1. The number of rotatable bonds is 2. The Balaban J connectivity index is 2.01. The zero-order valence-corrected chi connectivity index (χ0v) is 9.02. The third kappa shape index (κ3) is 2.45. The average molecular weight is 226 g/mol. The number of aldehydes is 1. The number of carbonyl (C=O) groups excluding carboxylic acids is 1. The third-order valence-electron chi connectivity index (χ3n) is 2.67. The highest BCUT2D eigenvalue weighted by atomic mass is 35.5. The molecule has 0 N–H and O–H groups in total. The Hall–Kier alpha value is -1.16. The lowest BCUT2D eigenvalue weighted by molar-refractivity contribution is -0.111. The number of nitrogens with zero attached hydrogens (tertiary/aromatic N) is 3. The van der Waals surface area contributed by atoms with Gasteiger partial charge in [0.15, 0.2) is 11.0 Å². The monoisotopic (exact) mass is 225 g/mol. The van der Waals surface area contributed by atoms with Gasteiger partial charge in [-0.05, 0) is 25.0 Å². The van der Waals surface area contributed by atoms with Crippen LogP contribution in [0.4, 0.5) is 5.82 Å². The van der Waals surface area contributed by atoms with E-state index in [-0.39, 0.29) is 5.92 Å². The number of piperidine rings is 1. The van der Waals surface area contributed by atoms with Crippen LogP contribution in [0, 0.1) is 5.92 Å². The lowest BCUT2D eigenvalue weighted by atomic mass is 9.99. The minimum absolute atomic E-state index is 0.210. The zero-order chi connectivity index (χ0) is 10.7. The first kappa shape index (κ1) is 10.4. The molecule has 1 fully saturated rings. The maximum absolute atomic E-state index is 10.6. The molecular formula is C10H12ClN3O. The highest BCUT2D eigenvalue weighted by Crippen LogP contribution is 2.20. The van der Waals surface area contributed by atoms with E-state index >= 15 is 0 Å². The van der Waals surface area contributed by atoms with Gasteiger partial charge in [-0.3, -0.25) is 0 Å². The Kier molecular flexibility index (Phi) is 3.16. The van der Waals surface area contributed by atoms with Gasteiger partial charge in [0.05, 0.1) is 0 Å². The molecule has 1 aromatic heterocycles. The van der Waals surface area contributed by atoms with Gasteiger partial charge < -0.3 is 9.69 Å². The summed E-state index contributed by atoms with van der Waals surface area (Å²) in [4.78, 5) is 12.7. The van der Waals surface area contributed by atoms with Crippen LogP contribution >= 0.6 is 11.6 Å². The second-order valence-electron chi connectivity index (χ2n) is 3.67. The molecule has 0 bridgehead atoms. The molecule has 0 atom stereocenters. The third-order valence-corrected chi connectivity index (χ3v) is 2.88. The first-order valence-corrected chi connectivity index (χ1v) is 5.37. The number of halogens is 1. The summed E-state index contributed by atoms with van der Waals surface area (Å²) in [6.45, 7) is 1.72. The smallest absolute Gasteiger partial charge is 0.151 e. The Labute approximate surface area is 93.2 Å². The van der Waals surface area contributed by atoms with Crippen LogP contribution in [0.5, 0.6) is 0 Å². The van der Waals surface area contributed by atoms with Crippen LogP contribution in [-0.4, -0.2) is 29.6 Å². The minimum Gasteiger partial charge on any atom is -0.355 e. The van der Waals surface area contributed by atoms with Crippen molar-refractivity contribution in [3.05, 3.63) is 17.3 Å². The maximum Gasteiger partial charge on any atom is 0.151 e. The molecule has 0 spiro atoms. The maximum atomic E-state index is 10.6. The fourth-order valence-electron chi connectivity index (χ4n) is 1.74. The molecule has 15 heavy (non-hydrogen) atoms. The van der Waals surface area contributed by atoms with Crippen molar-refractivity contribution in [2.75, 3.05) is 18.0 Å². The molecule has 80 valence electrons. The van der Waals surface area contributed by atoms with Crippen molar-refractivity contribution >= 4 is 23.7 Å². The van der Waals surface area contributed by atoms with E-state index in [2.05, 4.69) is 15.1 Å². The first-order valence-electron chi connectivity index (χ1n) is 4.99. The van der Waals surface area contributed by atoms with E-state index in [1.807, 2.05) is 6.07 Å². The molecule has 1 aliphatic heterocycles. The molecule has 0 radical (unpaired) electrons. The number of hydrogen-bond donors (Lipinski definition) is 0. The van der Waals surface area contributed by atoms with Gasteiger partial charge in [-0.2, -0.15) is 0 Å². The lowest BCUT2D eigenvalue weighted by Crippen LogP contribution is -2.34. The van der Waals surface area contributed by atoms with Gasteiger partial charge in [-0.1, -0.05) is 11.6 Å². The van der Waals surface area contributed by atoms with Crippen molar-refractivity contribution in [2.24, 2.45) is 5.92 Å². The highest BCUT2D eigenvalue weighted by Gasteiger charge is 2.19. The SMILES string of the molecule is O=CC1CCN(c2ccc(Cl)nn2)CC1. The predicted molar refractivity (Wildman–Crippen MR) is 58.0 cm³/mol. The molecule has 1 aliphatic rings. The van der Waals surface area contributed by atoms with Crippen molar-refractivity contribution in [2.45, 2.75) is 12.8 Å². The van der Waals surface area contributed by atoms with Gasteiger partial charge in [0.25, 0.3) is 0 Å². The molecule has 4 nitrogen and oxygen atoms in total. The van der Waals surface area contributed by atoms with Crippen LogP contribution in [0.15, 0.2) is 12.1 Å². The van der Waals surface area contributed by atoms with E-state index in [9.17, 15) is 4.79 Å². The summed E-state index contributed by atoms with van der Waals surface area (Å²) in [7, 11) is 0. The van der Waals surface area contributed by atoms with Gasteiger partial charge >= 0.3 is 0 Å². The molecule has 1 aromatic rings. The zero-order valence-electron chi connectivity index (χ0n) is 8.27. The Bertz CT molecular complexity index is 333. The topological polar surface area (TPSA) is 46.1 Å². The summed E-state index contributed by atoms with van der Waals surface area (Å²) in [5.41, 5.74) is 0. The van der Waals surface area contributed by atoms with Crippen molar-refractivity contribution in [1.82, 2.24) is 10.2 Å². The van der Waals surface area contributed by atoms with Gasteiger partial charge in [-0.25, -0.2) is 0 Å². The molecule has 2 rings (SSSR count). The van der Waals surface area contributed by atoms with Crippen molar-refractivity contribution in [3.8, 4) is 0 Å². The van der Waals surface area contributed by atoms with Crippen molar-refractivity contribution in [1.29, 1.82) is 0 Å². The quantitative estimate of drug-likeness (QED) is 0.717.